The Bertz CT molecular complexity index is 1410. The number of carbonyl (C=O) groups is 2. The number of hydrazone groups is 1. The molecule has 0 aliphatic carbocycles. The number of H-pyrrole nitrogens is 2. The first kappa shape index (κ1) is 23.0. The first-order chi connectivity index (χ1) is 17.5. The van der Waals surface area contributed by atoms with Crippen LogP contribution in [0, 0.1) is 12.8 Å². The van der Waals surface area contributed by atoms with Crippen LogP contribution >= 0.6 is 0 Å². The molecule has 10 nitrogen and oxygen atoms in total. The van der Waals surface area contributed by atoms with Crippen LogP contribution in [0.25, 0.3) is 17.2 Å². The number of aromatic nitrogens is 3. The van der Waals surface area contributed by atoms with Gasteiger partial charge in [0.15, 0.2) is 11.6 Å². The fourth-order valence-corrected chi connectivity index (χ4v) is 4.38. The van der Waals surface area contributed by atoms with Gasteiger partial charge in [-0.3, -0.25) is 14.6 Å². The monoisotopic (exact) mass is 483 g/mol. The standard InChI is InChI=1S/C26H25N7O3/c1-15-18(7-8-22(34)25-29-11-12-30-25)23(16-3-5-17(36-2)6-4-16)20(32-15)13-21-24(28-10-9-27-21)19-14-31-33-26(19)35/h3-6,9-14,19,27,32H,7-8H2,1-2H3,(H,29,30)(H,33,35). The largest absolute Gasteiger partial charge is 0.497 e. The molecule has 36 heavy (non-hydrogen) atoms. The van der Waals surface area contributed by atoms with Crippen LogP contribution in [-0.4, -0.2) is 45.7 Å². The first-order valence-electron chi connectivity index (χ1n) is 11.5. The number of ether oxygens (including phenoxy) is 1. The highest BCUT2D eigenvalue weighted by atomic mass is 16.5. The predicted octanol–water partition coefficient (Wildman–Crippen LogP) is 3.13. The Balaban J connectivity index is 1.55. The number of allylic oxidation sites excluding steroid dienone is 1. The highest BCUT2D eigenvalue weighted by Gasteiger charge is 2.30. The van der Waals surface area contributed by atoms with Gasteiger partial charge in [-0.25, -0.2) is 10.4 Å². The number of ketones is 1. The van der Waals surface area contributed by atoms with Crippen LogP contribution in [0.3, 0.4) is 0 Å². The molecule has 0 radical (unpaired) electrons. The molecular formula is C26H25N7O3. The van der Waals surface area contributed by atoms with Gasteiger partial charge in [-0.05, 0) is 42.7 Å². The minimum atomic E-state index is -0.584. The van der Waals surface area contributed by atoms with Crippen molar-refractivity contribution in [3.63, 3.8) is 0 Å². The van der Waals surface area contributed by atoms with E-state index in [1.807, 2.05) is 37.3 Å². The zero-order valence-electron chi connectivity index (χ0n) is 19.8. The predicted molar refractivity (Wildman–Crippen MR) is 137 cm³/mol. The van der Waals surface area contributed by atoms with Crippen LogP contribution in [-0.2, 0) is 11.2 Å². The summed E-state index contributed by atoms with van der Waals surface area (Å²) in [5.41, 5.74) is 8.46. The summed E-state index contributed by atoms with van der Waals surface area (Å²) in [6.45, 7) is 1.99. The van der Waals surface area contributed by atoms with E-state index in [9.17, 15) is 9.59 Å². The van der Waals surface area contributed by atoms with Crippen LogP contribution < -0.4 is 15.5 Å². The molecule has 0 saturated heterocycles. The number of rotatable bonds is 8. The number of nitrogens with one attached hydrogen (secondary N) is 4. The van der Waals surface area contributed by atoms with Gasteiger partial charge in [-0.15, -0.1) is 0 Å². The van der Waals surface area contributed by atoms with Crippen molar-refractivity contribution in [1.82, 2.24) is 25.7 Å². The molecule has 1 amide bonds. The SMILES string of the molecule is COc1ccc(-c2c(C=C3NC=CN=C3C3C=NNC3=O)[nH]c(C)c2CCC(=O)c2ncc[nH]2)cc1. The fraction of sp³-hybridized carbons (Fsp3) is 0.192. The summed E-state index contributed by atoms with van der Waals surface area (Å²) in [6, 6.07) is 7.78. The number of aromatic amines is 2. The van der Waals surface area contributed by atoms with Gasteiger partial charge in [0.1, 0.15) is 11.7 Å². The van der Waals surface area contributed by atoms with Crippen molar-refractivity contribution < 1.29 is 14.3 Å². The molecule has 0 spiro atoms. The molecule has 1 atom stereocenters. The Morgan fingerprint density at radius 2 is 2.06 bits per heavy atom. The Kier molecular flexibility index (Phi) is 6.31. The van der Waals surface area contributed by atoms with Gasteiger partial charge in [0, 0.05) is 54.4 Å². The molecule has 10 heteroatoms. The number of methoxy groups -OCH3 is 1. The summed E-state index contributed by atoms with van der Waals surface area (Å²) in [5, 5.41) is 7.09. The molecule has 2 aliphatic rings. The number of Topliss-reactive ketones (excluding diaryl/α,β-unsaturated/α-hetero) is 1. The molecule has 2 aliphatic heterocycles. The number of imidazole rings is 1. The maximum absolute atomic E-state index is 12.7. The fourth-order valence-electron chi connectivity index (χ4n) is 4.38. The molecule has 5 rings (SSSR count). The quantitative estimate of drug-likeness (QED) is 0.365. The zero-order valence-corrected chi connectivity index (χ0v) is 19.8. The van der Waals surface area contributed by atoms with Gasteiger partial charge in [0.2, 0.25) is 0 Å². The number of aliphatic imine (C=N–C) groups is 1. The lowest BCUT2D eigenvalue weighted by Crippen LogP contribution is -2.32. The van der Waals surface area contributed by atoms with Crippen LogP contribution in [0.2, 0.25) is 0 Å². The van der Waals surface area contributed by atoms with E-state index in [1.54, 1.807) is 38.1 Å². The van der Waals surface area contributed by atoms with Gasteiger partial charge in [0.05, 0.1) is 18.5 Å². The van der Waals surface area contributed by atoms with E-state index in [0.29, 0.717) is 30.1 Å². The Labute approximate surface area is 207 Å². The maximum atomic E-state index is 12.7. The van der Waals surface area contributed by atoms with Crippen LogP contribution in [0.15, 0.2) is 64.8 Å². The average molecular weight is 484 g/mol. The molecule has 1 aromatic carbocycles. The second-order valence-electron chi connectivity index (χ2n) is 8.37. The van der Waals surface area contributed by atoms with Gasteiger partial charge in [-0.2, -0.15) is 5.10 Å². The molecule has 182 valence electrons. The molecule has 1 unspecified atom stereocenters. The number of aryl methyl sites for hydroxylation is 1. The maximum Gasteiger partial charge on any atom is 0.254 e. The highest BCUT2D eigenvalue weighted by molar-refractivity contribution is 6.24. The smallest absolute Gasteiger partial charge is 0.254 e. The molecule has 0 bridgehead atoms. The molecule has 0 fully saturated rings. The molecule has 4 heterocycles. The van der Waals surface area contributed by atoms with Crippen molar-refractivity contribution >= 4 is 29.7 Å². The van der Waals surface area contributed by atoms with E-state index in [4.69, 9.17) is 4.74 Å². The molecule has 4 N–H and O–H groups in total. The molecule has 2 aromatic heterocycles. The van der Waals surface area contributed by atoms with Gasteiger partial charge < -0.3 is 20.0 Å². The van der Waals surface area contributed by atoms with Crippen molar-refractivity contribution in [2.45, 2.75) is 19.8 Å². The number of hydrogen-bond donors (Lipinski definition) is 4. The molecular weight excluding hydrogens is 458 g/mol. The highest BCUT2D eigenvalue weighted by Crippen LogP contribution is 2.34. The Morgan fingerprint density at radius 3 is 2.75 bits per heavy atom. The van der Waals surface area contributed by atoms with Gasteiger partial charge >= 0.3 is 0 Å². The minimum Gasteiger partial charge on any atom is -0.497 e. The second-order valence-corrected chi connectivity index (χ2v) is 8.37. The van der Waals surface area contributed by atoms with Crippen molar-refractivity contribution in [2.75, 3.05) is 7.11 Å². The lowest BCUT2D eigenvalue weighted by atomic mass is 9.94. The van der Waals surface area contributed by atoms with E-state index >= 15 is 0 Å². The third kappa shape index (κ3) is 4.48. The Morgan fingerprint density at radius 1 is 1.22 bits per heavy atom. The number of benzene rings is 1. The third-order valence-electron chi connectivity index (χ3n) is 6.16. The average Bonchev–Trinajstić information content (AvgIpc) is 3.64. The minimum absolute atomic E-state index is 0.0544. The number of nitrogens with zero attached hydrogens (tertiary/aromatic N) is 3. The lowest BCUT2D eigenvalue weighted by molar-refractivity contribution is -0.120. The summed E-state index contributed by atoms with van der Waals surface area (Å²) in [5.74, 6) is 0.236. The summed E-state index contributed by atoms with van der Waals surface area (Å²) in [6.07, 6.45) is 10.9. The van der Waals surface area contributed by atoms with Crippen molar-refractivity contribution in [1.29, 1.82) is 0 Å². The van der Waals surface area contributed by atoms with E-state index in [1.165, 1.54) is 0 Å². The number of amides is 1. The van der Waals surface area contributed by atoms with Gasteiger partial charge in [-0.1, -0.05) is 12.1 Å². The second kappa shape index (κ2) is 9.87. The third-order valence-corrected chi connectivity index (χ3v) is 6.16. The van der Waals surface area contributed by atoms with E-state index < -0.39 is 5.92 Å². The summed E-state index contributed by atoms with van der Waals surface area (Å²) < 4.78 is 5.34. The summed E-state index contributed by atoms with van der Waals surface area (Å²) >= 11 is 0. The van der Waals surface area contributed by atoms with E-state index in [-0.39, 0.29) is 11.7 Å². The van der Waals surface area contributed by atoms with Crippen LogP contribution in [0.5, 0.6) is 5.75 Å². The lowest BCUT2D eigenvalue weighted by Gasteiger charge is -2.17. The van der Waals surface area contributed by atoms with Crippen molar-refractivity contribution in [3.8, 4) is 16.9 Å². The molecule has 3 aromatic rings. The van der Waals surface area contributed by atoms with Crippen LogP contribution in [0.1, 0.15) is 34.0 Å². The van der Waals surface area contributed by atoms with Crippen LogP contribution in [0.4, 0.5) is 0 Å². The summed E-state index contributed by atoms with van der Waals surface area (Å²) in [7, 11) is 1.63. The topological polar surface area (TPSA) is 137 Å². The number of hydrogen-bond acceptors (Lipinski definition) is 7. The zero-order chi connectivity index (χ0) is 25.1. The van der Waals surface area contributed by atoms with Crippen molar-refractivity contribution in [2.24, 2.45) is 16.0 Å². The van der Waals surface area contributed by atoms with Gasteiger partial charge in [0.25, 0.3) is 5.91 Å². The normalized spacial score (nSPS) is 17.7. The van der Waals surface area contributed by atoms with E-state index in [2.05, 4.69) is 35.8 Å². The van der Waals surface area contributed by atoms with E-state index in [0.717, 1.165) is 33.8 Å². The molecule has 0 saturated carbocycles. The number of carbonyl (C=O) groups excluding carboxylic acids is 2. The summed E-state index contributed by atoms with van der Waals surface area (Å²) in [4.78, 5) is 39.8. The Hall–Kier alpha value is -4.73. The first-order valence-corrected chi connectivity index (χ1v) is 11.5. The van der Waals surface area contributed by atoms with Crippen molar-refractivity contribution in [3.05, 3.63) is 77.5 Å².